The van der Waals surface area contributed by atoms with Crippen molar-refractivity contribution in [3.8, 4) is 5.75 Å². The third kappa shape index (κ3) is 2.79. The number of hydrogen-bond acceptors (Lipinski definition) is 4. The van der Waals surface area contributed by atoms with E-state index in [1.54, 1.807) is 12.3 Å². The number of aromatic nitrogens is 2. The monoisotopic (exact) mass is 309 g/mol. The number of rotatable bonds is 3. The van der Waals surface area contributed by atoms with E-state index in [2.05, 4.69) is 10.2 Å². The first kappa shape index (κ1) is 14.2. The molecule has 0 radical (unpaired) electrons. The van der Waals surface area contributed by atoms with Crippen LogP contribution in [0.3, 0.4) is 0 Å². The Morgan fingerprint density at radius 1 is 1.09 bits per heavy atom. The second kappa shape index (κ2) is 5.99. The summed E-state index contributed by atoms with van der Waals surface area (Å²) in [4.78, 5) is 14.5. The summed E-state index contributed by atoms with van der Waals surface area (Å²) in [5, 5.41) is 7.53. The molecule has 1 saturated heterocycles. The van der Waals surface area contributed by atoms with Gasteiger partial charge in [0, 0.05) is 19.0 Å². The predicted octanol–water partition coefficient (Wildman–Crippen LogP) is 2.41. The summed E-state index contributed by atoms with van der Waals surface area (Å²) in [6.45, 7) is 1.59. The van der Waals surface area contributed by atoms with Gasteiger partial charge in [0.25, 0.3) is 5.91 Å². The van der Waals surface area contributed by atoms with E-state index in [9.17, 15) is 4.79 Å². The number of carbonyl (C=O) groups is 1. The van der Waals surface area contributed by atoms with Crippen molar-refractivity contribution in [2.75, 3.05) is 13.1 Å². The maximum absolute atomic E-state index is 12.6. The average molecular weight is 309 g/mol. The zero-order valence-electron chi connectivity index (χ0n) is 12.8. The molecule has 118 valence electrons. The van der Waals surface area contributed by atoms with Gasteiger partial charge in [-0.2, -0.15) is 10.2 Å². The van der Waals surface area contributed by atoms with E-state index in [1.807, 2.05) is 35.2 Å². The summed E-state index contributed by atoms with van der Waals surface area (Å²) in [5.41, 5.74) is 0.612. The largest absolute Gasteiger partial charge is 0.490 e. The molecule has 2 aromatic rings. The molecule has 0 N–H and O–H groups in total. The van der Waals surface area contributed by atoms with Crippen LogP contribution in [0.15, 0.2) is 48.8 Å². The fraction of sp³-hybridized carbons (Fsp3) is 0.389. The minimum atomic E-state index is 0.0489. The molecule has 5 nitrogen and oxygen atoms in total. The minimum Gasteiger partial charge on any atom is -0.490 e. The van der Waals surface area contributed by atoms with Gasteiger partial charge in [-0.1, -0.05) is 18.2 Å². The van der Waals surface area contributed by atoms with Gasteiger partial charge in [0.2, 0.25) is 0 Å². The topological polar surface area (TPSA) is 55.3 Å². The van der Waals surface area contributed by atoms with Crippen molar-refractivity contribution in [1.82, 2.24) is 15.1 Å². The zero-order chi connectivity index (χ0) is 15.6. The van der Waals surface area contributed by atoms with Crippen molar-refractivity contribution in [2.24, 2.45) is 11.8 Å². The highest BCUT2D eigenvalue weighted by Crippen LogP contribution is 2.40. The van der Waals surface area contributed by atoms with E-state index in [0.29, 0.717) is 17.4 Å². The molecule has 1 amide bonds. The van der Waals surface area contributed by atoms with Crippen LogP contribution in [0.25, 0.3) is 0 Å². The molecule has 23 heavy (non-hydrogen) atoms. The molecule has 5 heteroatoms. The summed E-state index contributed by atoms with van der Waals surface area (Å²) >= 11 is 0. The van der Waals surface area contributed by atoms with Crippen LogP contribution in [0.4, 0.5) is 0 Å². The summed E-state index contributed by atoms with van der Waals surface area (Å²) in [5.74, 6) is 1.94. The molecule has 0 unspecified atom stereocenters. The van der Waals surface area contributed by atoms with Gasteiger partial charge in [0.15, 0.2) is 0 Å². The van der Waals surface area contributed by atoms with Gasteiger partial charge < -0.3 is 9.64 Å². The summed E-state index contributed by atoms with van der Waals surface area (Å²) in [6, 6.07) is 11.7. The fourth-order valence-corrected chi connectivity index (χ4v) is 3.80. The van der Waals surface area contributed by atoms with Crippen LogP contribution in [0.1, 0.15) is 23.2 Å². The molecule has 2 fully saturated rings. The lowest BCUT2D eigenvalue weighted by atomic mass is 9.99. The molecule has 1 aliphatic carbocycles. The highest BCUT2D eigenvalue weighted by Gasteiger charge is 2.45. The Bertz CT molecular complexity index is 677. The molecule has 2 heterocycles. The first-order valence-electron chi connectivity index (χ1n) is 8.09. The maximum atomic E-state index is 12.6. The van der Waals surface area contributed by atoms with Crippen molar-refractivity contribution in [3.05, 3.63) is 54.4 Å². The van der Waals surface area contributed by atoms with Crippen LogP contribution in [0.2, 0.25) is 0 Å². The number of fused-ring (bicyclic) bond motifs is 1. The number of amides is 1. The highest BCUT2D eigenvalue weighted by molar-refractivity contribution is 5.94. The Labute approximate surface area is 135 Å². The molecule has 0 bridgehead atoms. The van der Waals surface area contributed by atoms with Gasteiger partial charge in [-0.05, 0) is 37.0 Å². The number of ether oxygens (including phenoxy) is 1. The van der Waals surface area contributed by atoms with Crippen LogP contribution in [-0.2, 0) is 0 Å². The van der Waals surface area contributed by atoms with E-state index in [0.717, 1.165) is 31.7 Å². The number of hydrogen-bond donors (Lipinski definition) is 0. The van der Waals surface area contributed by atoms with Gasteiger partial charge in [-0.15, -0.1) is 0 Å². The van der Waals surface area contributed by atoms with Crippen LogP contribution in [0.5, 0.6) is 5.75 Å². The Hall–Kier alpha value is -2.43. The van der Waals surface area contributed by atoms with Gasteiger partial charge in [0.05, 0.1) is 18.0 Å². The Kier molecular flexibility index (Phi) is 3.69. The maximum Gasteiger partial charge on any atom is 0.255 e. The predicted molar refractivity (Wildman–Crippen MR) is 85.0 cm³/mol. The number of carbonyl (C=O) groups excluding carboxylic acids is 1. The number of para-hydroxylation sites is 1. The summed E-state index contributed by atoms with van der Waals surface area (Å²) in [7, 11) is 0. The normalized spacial score (nSPS) is 26.1. The van der Waals surface area contributed by atoms with Crippen LogP contribution < -0.4 is 4.74 Å². The molecular weight excluding hydrogens is 290 g/mol. The average Bonchev–Trinajstić information content (AvgIpc) is 3.18. The SMILES string of the molecule is O=C(c1ccnnc1)N1C[C@@H]2CC[C@H](Oc3ccccc3)[C@@H]2C1. The van der Waals surface area contributed by atoms with E-state index in [4.69, 9.17) is 4.74 Å². The molecule has 0 spiro atoms. The molecule has 1 aliphatic heterocycles. The van der Waals surface area contributed by atoms with Gasteiger partial charge in [0.1, 0.15) is 11.9 Å². The second-order valence-corrected chi connectivity index (χ2v) is 6.31. The first-order valence-corrected chi connectivity index (χ1v) is 8.09. The van der Waals surface area contributed by atoms with Crippen molar-refractivity contribution in [1.29, 1.82) is 0 Å². The Balaban J connectivity index is 1.44. The van der Waals surface area contributed by atoms with Crippen LogP contribution in [-0.4, -0.2) is 40.2 Å². The van der Waals surface area contributed by atoms with Crippen molar-refractivity contribution in [3.63, 3.8) is 0 Å². The third-order valence-electron chi connectivity index (χ3n) is 4.94. The van der Waals surface area contributed by atoms with E-state index in [-0.39, 0.29) is 12.0 Å². The zero-order valence-corrected chi connectivity index (χ0v) is 12.8. The molecule has 3 atom stereocenters. The summed E-state index contributed by atoms with van der Waals surface area (Å²) in [6.07, 6.45) is 5.50. The van der Waals surface area contributed by atoms with Crippen molar-refractivity contribution >= 4 is 5.91 Å². The Morgan fingerprint density at radius 2 is 1.96 bits per heavy atom. The number of benzene rings is 1. The third-order valence-corrected chi connectivity index (χ3v) is 4.94. The molecule has 1 aromatic heterocycles. The molecule has 4 rings (SSSR count). The van der Waals surface area contributed by atoms with Crippen LogP contribution >= 0.6 is 0 Å². The summed E-state index contributed by atoms with van der Waals surface area (Å²) < 4.78 is 6.16. The smallest absolute Gasteiger partial charge is 0.255 e. The standard InChI is InChI=1S/C18H19N3O2/c22-18(13-8-9-19-20-10-13)21-11-14-6-7-17(16(14)12-21)23-15-4-2-1-3-5-15/h1-5,8-10,14,16-17H,6-7,11-12H2/t14-,16+,17-/m0/s1. The molecule has 2 aliphatic rings. The highest BCUT2D eigenvalue weighted by atomic mass is 16.5. The minimum absolute atomic E-state index is 0.0489. The Morgan fingerprint density at radius 3 is 2.74 bits per heavy atom. The van der Waals surface area contributed by atoms with Crippen molar-refractivity contribution in [2.45, 2.75) is 18.9 Å². The van der Waals surface area contributed by atoms with Gasteiger partial charge in [-0.25, -0.2) is 0 Å². The fourth-order valence-electron chi connectivity index (χ4n) is 3.80. The lowest BCUT2D eigenvalue weighted by Crippen LogP contribution is -2.32. The second-order valence-electron chi connectivity index (χ2n) is 6.31. The molecule has 1 aromatic carbocycles. The van der Waals surface area contributed by atoms with E-state index in [1.165, 1.54) is 6.20 Å². The first-order chi connectivity index (χ1) is 11.3. The molecule has 1 saturated carbocycles. The van der Waals surface area contributed by atoms with Gasteiger partial charge >= 0.3 is 0 Å². The number of nitrogens with zero attached hydrogens (tertiary/aromatic N) is 3. The quantitative estimate of drug-likeness (QED) is 0.873. The van der Waals surface area contributed by atoms with Crippen LogP contribution in [0, 0.1) is 11.8 Å². The van der Waals surface area contributed by atoms with Crippen molar-refractivity contribution < 1.29 is 9.53 Å². The van der Waals surface area contributed by atoms with E-state index < -0.39 is 0 Å². The lowest BCUT2D eigenvalue weighted by molar-refractivity contribution is 0.0762. The van der Waals surface area contributed by atoms with E-state index >= 15 is 0 Å². The molecular formula is C18H19N3O2. The number of likely N-dealkylation sites (tertiary alicyclic amines) is 1. The lowest BCUT2D eigenvalue weighted by Gasteiger charge is -2.22. The van der Waals surface area contributed by atoms with Gasteiger partial charge in [-0.3, -0.25) is 4.79 Å².